The quantitative estimate of drug-likeness (QED) is 0.812. The molecule has 5 heteroatoms. The zero-order valence-electron chi connectivity index (χ0n) is 14.8. The van der Waals surface area contributed by atoms with Crippen LogP contribution >= 0.6 is 0 Å². The molecule has 0 aliphatic rings. The standard InChI is InChI=1S/C17H31N3O2/c1-7-9-20-10-8-14(12-20)11-19-17(5,6)13-18-15(21)22-16(2,3)4/h8,10,12,19H,7,9,11,13H2,1-6H3,(H,18,21). The molecule has 5 nitrogen and oxygen atoms in total. The van der Waals surface area contributed by atoms with E-state index in [1.165, 1.54) is 5.56 Å². The van der Waals surface area contributed by atoms with Gasteiger partial charge in [0.1, 0.15) is 5.60 Å². The van der Waals surface area contributed by atoms with E-state index in [9.17, 15) is 4.79 Å². The normalized spacial score (nSPS) is 12.3. The first-order valence-corrected chi connectivity index (χ1v) is 7.98. The number of hydrogen-bond acceptors (Lipinski definition) is 3. The largest absolute Gasteiger partial charge is 0.444 e. The van der Waals surface area contributed by atoms with E-state index in [1.54, 1.807) is 0 Å². The number of amides is 1. The van der Waals surface area contributed by atoms with Crippen molar-refractivity contribution < 1.29 is 9.53 Å². The van der Waals surface area contributed by atoms with E-state index in [0.29, 0.717) is 6.54 Å². The molecule has 22 heavy (non-hydrogen) atoms. The van der Waals surface area contributed by atoms with Crippen LogP contribution in [0, 0.1) is 0 Å². The van der Waals surface area contributed by atoms with Crippen LogP contribution in [-0.4, -0.2) is 28.3 Å². The maximum Gasteiger partial charge on any atom is 0.407 e. The Kier molecular flexibility index (Phi) is 6.48. The van der Waals surface area contributed by atoms with E-state index >= 15 is 0 Å². The maximum absolute atomic E-state index is 11.7. The Bertz CT molecular complexity index is 472. The van der Waals surface area contributed by atoms with Crippen molar-refractivity contribution in [3.05, 3.63) is 24.0 Å². The summed E-state index contributed by atoms with van der Waals surface area (Å²) in [6.07, 6.45) is 5.02. The van der Waals surface area contributed by atoms with Gasteiger partial charge < -0.3 is 19.9 Å². The van der Waals surface area contributed by atoms with Crippen LogP contribution in [0.3, 0.4) is 0 Å². The van der Waals surface area contributed by atoms with Crippen LogP contribution in [0.1, 0.15) is 53.5 Å². The predicted octanol–water partition coefficient (Wildman–Crippen LogP) is 3.29. The minimum atomic E-state index is -0.468. The van der Waals surface area contributed by atoms with Gasteiger partial charge in [0.15, 0.2) is 0 Å². The molecule has 1 amide bonds. The van der Waals surface area contributed by atoms with Gasteiger partial charge in [0, 0.05) is 37.6 Å². The Morgan fingerprint density at radius 3 is 2.55 bits per heavy atom. The lowest BCUT2D eigenvalue weighted by Crippen LogP contribution is -2.49. The smallest absolute Gasteiger partial charge is 0.407 e. The third-order valence-electron chi connectivity index (χ3n) is 3.14. The topological polar surface area (TPSA) is 55.3 Å². The molecular formula is C17H31N3O2. The first-order chi connectivity index (χ1) is 10.1. The van der Waals surface area contributed by atoms with Gasteiger partial charge in [0.2, 0.25) is 0 Å². The summed E-state index contributed by atoms with van der Waals surface area (Å²) in [5.41, 5.74) is 0.576. The van der Waals surface area contributed by atoms with Crippen LogP contribution in [0.15, 0.2) is 18.5 Å². The summed E-state index contributed by atoms with van der Waals surface area (Å²) in [5.74, 6) is 0. The minimum Gasteiger partial charge on any atom is -0.444 e. The Balaban J connectivity index is 2.38. The number of ether oxygens (including phenoxy) is 1. The Labute approximate surface area is 134 Å². The van der Waals surface area contributed by atoms with Crippen molar-refractivity contribution in [2.75, 3.05) is 6.54 Å². The van der Waals surface area contributed by atoms with Crippen molar-refractivity contribution in [2.24, 2.45) is 0 Å². The van der Waals surface area contributed by atoms with E-state index in [2.05, 4.69) is 54.4 Å². The number of aryl methyl sites for hydroxylation is 1. The number of carbonyl (C=O) groups excluding carboxylic acids is 1. The van der Waals surface area contributed by atoms with Crippen LogP contribution in [-0.2, 0) is 17.8 Å². The number of alkyl carbamates (subject to hydrolysis) is 1. The molecule has 0 atom stereocenters. The molecule has 0 radical (unpaired) electrons. The highest BCUT2D eigenvalue weighted by Crippen LogP contribution is 2.09. The molecule has 0 aliphatic carbocycles. The highest BCUT2D eigenvalue weighted by atomic mass is 16.6. The molecule has 0 unspecified atom stereocenters. The van der Waals surface area contributed by atoms with Crippen molar-refractivity contribution >= 4 is 6.09 Å². The third kappa shape index (κ3) is 7.50. The van der Waals surface area contributed by atoms with Crippen LogP contribution in [0.4, 0.5) is 4.79 Å². The summed E-state index contributed by atoms with van der Waals surface area (Å²) in [4.78, 5) is 11.7. The summed E-state index contributed by atoms with van der Waals surface area (Å²) in [6, 6.07) is 2.13. The molecule has 1 rings (SSSR count). The number of carbonyl (C=O) groups is 1. The molecule has 0 spiro atoms. The van der Waals surface area contributed by atoms with Crippen molar-refractivity contribution in [1.29, 1.82) is 0 Å². The minimum absolute atomic E-state index is 0.205. The highest BCUT2D eigenvalue weighted by Gasteiger charge is 2.21. The van der Waals surface area contributed by atoms with E-state index in [1.807, 2.05) is 20.8 Å². The Hall–Kier alpha value is -1.49. The van der Waals surface area contributed by atoms with Crippen LogP contribution in [0.25, 0.3) is 0 Å². The highest BCUT2D eigenvalue weighted by molar-refractivity contribution is 5.67. The van der Waals surface area contributed by atoms with Crippen LogP contribution < -0.4 is 10.6 Å². The summed E-state index contributed by atoms with van der Waals surface area (Å²) >= 11 is 0. The fourth-order valence-corrected chi connectivity index (χ4v) is 2.00. The second-order valence-electron chi connectivity index (χ2n) is 7.35. The Morgan fingerprint density at radius 1 is 1.27 bits per heavy atom. The Morgan fingerprint density at radius 2 is 1.95 bits per heavy atom. The first-order valence-electron chi connectivity index (χ1n) is 7.98. The molecule has 0 fully saturated rings. The number of rotatable bonds is 7. The van der Waals surface area contributed by atoms with Gasteiger partial charge in [-0.3, -0.25) is 0 Å². The van der Waals surface area contributed by atoms with E-state index in [0.717, 1.165) is 19.5 Å². The molecule has 0 saturated heterocycles. The van der Waals surface area contributed by atoms with Crippen LogP contribution in [0.5, 0.6) is 0 Å². The average molecular weight is 309 g/mol. The van der Waals surface area contributed by atoms with Crippen molar-refractivity contribution in [3.8, 4) is 0 Å². The molecule has 0 bridgehead atoms. The molecule has 0 saturated carbocycles. The van der Waals surface area contributed by atoms with Gasteiger partial charge in [0.25, 0.3) is 0 Å². The van der Waals surface area contributed by atoms with Crippen molar-refractivity contribution in [2.45, 2.75) is 72.2 Å². The van der Waals surface area contributed by atoms with E-state index in [4.69, 9.17) is 4.74 Å². The summed E-state index contributed by atoms with van der Waals surface area (Å²) in [7, 11) is 0. The number of nitrogens with zero attached hydrogens (tertiary/aromatic N) is 1. The second-order valence-corrected chi connectivity index (χ2v) is 7.35. The van der Waals surface area contributed by atoms with E-state index in [-0.39, 0.29) is 11.6 Å². The van der Waals surface area contributed by atoms with Gasteiger partial charge in [-0.25, -0.2) is 4.79 Å². The third-order valence-corrected chi connectivity index (χ3v) is 3.14. The molecule has 0 aliphatic heterocycles. The number of nitrogens with one attached hydrogen (secondary N) is 2. The van der Waals surface area contributed by atoms with Crippen molar-refractivity contribution in [3.63, 3.8) is 0 Å². The fourth-order valence-electron chi connectivity index (χ4n) is 2.00. The second kappa shape index (κ2) is 7.68. The molecule has 1 heterocycles. The van der Waals surface area contributed by atoms with E-state index < -0.39 is 5.60 Å². The number of aromatic nitrogens is 1. The first kappa shape index (κ1) is 18.6. The van der Waals surface area contributed by atoms with Crippen molar-refractivity contribution in [1.82, 2.24) is 15.2 Å². The molecular weight excluding hydrogens is 278 g/mol. The lowest BCUT2D eigenvalue weighted by molar-refractivity contribution is 0.0513. The molecule has 1 aromatic rings. The zero-order chi connectivity index (χ0) is 16.8. The predicted molar refractivity (Wildman–Crippen MR) is 89.9 cm³/mol. The van der Waals surface area contributed by atoms with Gasteiger partial charge in [-0.1, -0.05) is 6.92 Å². The lowest BCUT2D eigenvalue weighted by Gasteiger charge is -2.27. The van der Waals surface area contributed by atoms with Crippen LogP contribution in [0.2, 0.25) is 0 Å². The lowest BCUT2D eigenvalue weighted by atomic mass is 10.1. The SMILES string of the molecule is CCCn1ccc(CNC(C)(C)CNC(=O)OC(C)(C)C)c1. The monoisotopic (exact) mass is 309 g/mol. The number of hydrogen-bond donors (Lipinski definition) is 2. The maximum atomic E-state index is 11.7. The molecule has 126 valence electrons. The zero-order valence-corrected chi connectivity index (χ0v) is 14.8. The molecule has 2 N–H and O–H groups in total. The molecule has 0 aromatic carbocycles. The summed E-state index contributed by atoms with van der Waals surface area (Å²) in [5, 5.41) is 6.28. The van der Waals surface area contributed by atoms with Gasteiger partial charge in [-0.2, -0.15) is 0 Å². The van der Waals surface area contributed by atoms with Gasteiger partial charge in [0.05, 0.1) is 0 Å². The fraction of sp³-hybridized carbons (Fsp3) is 0.706. The molecule has 1 aromatic heterocycles. The average Bonchev–Trinajstić information content (AvgIpc) is 2.81. The summed E-state index contributed by atoms with van der Waals surface area (Å²) in [6.45, 7) is 14.2. The van der Waals surface area contributed by atoms with Gasteiger partial charge in [-0.15, -0.1) is 0 Å². The summed E-state index contributed by atoms with van der Waals surface area (Å²) < 4.78 is 7.44. The van der Waals surface area contributed by atoms with Gasteiger partial charge in [-0.05, 0) is 52.7 Å². The van der Waals surface area contributed by atoms with Gasteiger partial charge >= 0.3 is 6.09 Å².